The van der Waals surface area contributed by atoms with Crippen LogP contribution >= 0.6 is 0 Å². The lowest BCUT2D eigenvalue weighted by Crippen LogP contribution is -2.64. The lowest BCUT2D eigenvalue weighted by molar-refractivity contribution is -0.202. The Morgan fingerprint density at radius 3 is 2.64 bits per heavy atom. The number of nitrogens with one attached hydrogen (secondary N) is 2. The molecule has 14 heteroatoms. The van der Waals surface area contributed by atoms with Crippen molar-refractivity contribution in [1.82, 2.24) is 30.6 Å². The van der Waals surface area contributed by atoms with E-state index in [0.29, 0.717) is 48.7 Å². The van der Waals surface area contributed by atoms with Crippen molar-refractivity contribution in [3.8, 4) is 11.8 Å². The zero-order valence-corrected chi connectivity index (χ0v) is 23.5. The number of pyridine rings is 2. The van der Waals surface area contributed by atoms with Crippen molar-refractivity contribution in [1.29, 1.82) is 5.26 Å². The number of nitrogens with zero attached hydrogens (tertiary/aromatic N) is 6. The standard InChI is InChI=1S/C30H29F3N8O3/c31-30(32,33)26-23(16-37-38-28(26)42)41-17-21-4-2-8-35-27(21)24(41)18-44-22-5-1-3-20(13-22)29(43)40-11-9-39(10-12-40)25-7-6-19(14-34)15-36-25/h1-8,13,15,23-24,26,37H,9-12,16-18H2,(H,38,42). The molecule has 2 fully saturated rings. The maximum absolute atomic E-state index is 14.0. The molecule has 6 rings (SSSR count). The molecular formula is C30H29F3N8O3. The molecule has 0 aliphatic carbocycles. The number of rotatable bonds is 6. The Hall–Kier alpha value is -4.74. The number of alkyl halides is 3. The molecule has 228 valence electrons. The van der Waals surface area contributed by atoms with Crippen molar-refractivity contribution in [2.75, 3.05) is 44.2 Å². The van der Waals surface area contributed by atoms with Gasteiger partial charge in [-0.15, -0.1) is 0 Å². The predicted octanol–water partition coefficient (Wildman–Crippen LogP) is 2.43. The molecule has 0 radical (unpaired) electrons. The maximum Gasteiger partial charge on any atom is 0.402 e. The molecule has 5 heterocycles. The number of benzene rings is 1. The number of carbonyl (C=O) groups excluding carboxylic acids is 2. The highest BCUT2D eigenvalue weighted by Gasteiger charge is 2.55. The molecule has 3 aliphatic heterocycles. The minimum Gasteiger partial charge on any atom is -0.492 e. The maximum atomic E-state index is 14.0. The first-order valence-electron chi connectivity index (χ1n) is 14.1. The van der Waals surface area contributed by atoms with Crippen LogP contribution in [0.5, 0.6) is 5.75 Å². The summed E-state index contributed by atoms with van der Waals surface area (Å²) in [6, 6.07) is 14.0. The monoisotopic (exact) mass is 606 g/mol. The number of hydrogen-bond donors (Lipinski definition) is 2. The lowest BCUT2D eigenvalue weighted by Gasteiger charge is -2.40. The minimum atomic E-state index is -4.73. The van der Waals surface area contributed by atoms with Gasteiger partial charge in [0.25, 0.3) is 5.91 Å². The number of aromatic nitrogens is 2. The van der Waals surface area contributed by atoms with Crippen LogP contribution < -0.4 is 20.5 Å². The smallest absolute Gasteiger partial charge is 0.402 e. The summed E-state index contributed by atoms with van der Waals surface area (Å²) in [6.07, 6.45) is -1.63. The first-order chi connectivity index (χ1) is 21.2. The van der Waals surface area contributed by atoms with E-state index in [4.69, 9.17) is 10.00 Å². The average Bonchev–Trinajstić information content (AvgIpc) is 3.41. The molecule has 2 amide bonds. The largest absolute Gasteiger partial charge is 0.492 e. The van der Waals surface area contributed by atoms with Crippen LogP contribution in [0.4, 0.5) is 19.0 Å². The van der Waals surface area contributed by atoms with Crippen LogP contribution in [0, 0.1) is 17.2 Å². The summed E-state index contributed by atoms with van der Waals surface area (Å²) in [5.41, 5.74) is 6.98. The molecule has 3 aromatic rings. The van der Waals surface area contributed by atoms with Crippen molar-refractivity contribution in [3.05, 3.63) is 83.3 Å². The van der Waals surface area contributed by atoms with Gasteiger partial charge >= 0.3 is 6.18 Å². The van der Waals surface area contributed by atoms with Gasteiger partial charge in [0.1, 0.15) is 24.2 Å². The third-order valence-corrected chi connectivity index (χ3v) is 8.22. The second-order valence-corrected chi connectivity index (χ2v) is 10.8. The van der Waals surface area contributed by atoms with Crippen LogP contribution in [-0.2, 0) is 11.3 Å². The topological polar surface area (TPSA) is 127 Å². The summed E-state index contributed by atoms with van der Waals surface area (Å²) >= 11 is 0. The van der Waals surface area contributed by atoms with E-state index in [2.05, 4.69) is 25.7 Å². The van der Waals surface area contributed by atoms with Crippen molar-refractivity contribution >= 4 is 17.6 Å². The molecule has 0 saturated carbocycles. The van der Waals surface area contributed by atoms with Gasteiger partial charge < -0.3 is 14.5 Å². The Morgan fingerprint density at radius 1 is 1.09 bits per heavy atom. The fourth-order valence-electron chi connectivity index (χ4n) is 6.01. The van der Waals surface area contributed by atoms with Crippen LogP contribution in [0.1, 0.15) is 33.2 Å². The van der Waals surface area contributed by atoms with E-state index in [1.54, 1.807) is 58.5 Å². The second-order valence-electron chi connectivity index (χ2n) is 10.8. The van der Waals surface area contributed by atoms with Gasteiger partial charge in [0.2, 0.25) is 5.91 Å². The predicted molar refractivity (Wildman–Crippen MR) is 151 cm³/mol. The summed E-state index contributed by atoms with van der Waals surface area (Å²) in [6.45, 7) is 2.18. The molecular weight excluding hydrogens is 577 g/mol. The van der Waals surface area contributed by atoms with Gasteiger partial charge in [-0.05, 0) is 42.0 Å². The number of nitriles is 1. The van der Waals surface area contributed by atoms with Crippen LogP contribution in [0.2, 0.25) is 0 Å². The van der Waals surface area contributed by atoms with Crippen molar-refractivity contribution in [3.63, 3.8) is 0 Å². The van der Waals surface area contributed by atoms with Gasteiger partial charge in [0.15, 0.2) is 5.92 Å². The highest BCUT2D eigenvalue weighted by Crippen LogP contribution is 2.40. The number of fused-ring (bicyclic) bond motifs is 1. The molecule has 2 saturated heterocycles. The number of halogens is 3. The quantitative estimate of drug-likeness (QED) is 0.435. The Kier molecular flexibility index (Phi) is 8.07. The SMILES string of the molecule is N#Cc1ccc(N2CCN(C(=O)c3cccc(OCC4c5ncccc5CN4C4CNNC(=O)C4C(F)(F)F)c3)CC2)nc1. The zero-order valence-electron chi connectivity index (χ0n) is 23.5. The number of amides is 2. The fraction of sp³-hybridized carbons (Fsp3) is 0.367. The van der Waals surface area contributed by atoms with Gasteiger partial charge in [-0.2, -0.15) is 18.4 Å². The van der Waals surface area contributed by atoms with Crippen LogP contribution in [0.15, 0.2) is 60.9 Å². The number of hydrogen-bond acceptors (Lipinski definition) is 9. The molecule has 0 spiro atoms. The third-order valence-electron chi connectivity index (χ3n) is 8.22. The van der Waals surface area contributed by atoms with E-state index in [9.17, 15) is 22.8 Å². The first-order valence-corrected chi connectivity index (χ1v) is 14.1. The lowest BCUT2D eigenvalue weighted by atomic mass is 9.94. The molecule has 2 N–H and O–H groups in total. The normalized spacial score (nSPS) is 22.2. The molecule has 0 bridgehead atoms. The Morgan fingerprint density at radius 2 is 1.91 bits per heavy atom. The Bertz CT molecular complexity index is 1570. The highest BCUT2D eigenvalue weighted by atomic mass is 19.4. The summed E-state index contributed by atoms with van der Waals surface area (Å²) < 4.78 is 48.1. The highest BCUT2D eigenvalue weighted by molar-refractivity contribution is 5.94. The molecule has 11 nitrogen and oxygen atoms in total. The van der Waals surface area contributed by atoms with Gasteiger partial charge in [0.05, 0.1) is 17.3 Å². The molecule has 2 aromatic heterocycles. The molecule has 3 aliphatic rings. The van der Waals surface area contributed by atoms with Crippen molar-refractivity contribution in [2.24, 2.45) is 5.92 Å². The second kappa shape index (κ2) is 12.1. The number of piperazine rings is 1. The van der Waals surface area contributed by atoms with Crippen LogP contribution in [0.25, 0.3) is 0 Å². The van der Waals surface area contributed by atoms with E-state index >= 15 is 0 Å². The van der Waals surface area contributed by atoms with E-state index in [-0.39, 0.29) is 25.6 Å². The number of hydrazine groups is 1. The molecule has 3 unspecified atom stereocenters. The summed E-state index contributed by atoms with van der Waals surface area (Å²) in [5.74, 6) is -2.36. The molecule has 44 heavy (non-hydrogen) atoms. The van der Waals surface area contributed by atoms with E-state index in [1.807, 2.05) is 12.1 Å². The average molecular weight is 607 g/mol. The van der Waals surface area contributed by atoms with E-state index in [1.165, 1.54) is 6.20 Å². The van der Waals surface area contributed by atoms with Gasteiger partial charge in [0, 0.05) is 63.3 Å². The van der Waals surface area contributed by atoms with E-state index < -0.39 is 30.1 Å². The van der Waals surface area contributed by atoms with Crippen molar-refractivity contribution in [2.45, 2.75) is 24.8 Å². The third kappa shape index (κ3) is 5.88. The van der Waals surface area contributed by atoms with Gasteiger partial charge in [-0.25, -0.2) is 10.4 Å². The minimum absolute atomic E-state index is 0.0272. The summed E-state index contributed by atoms with van der Waals surface area (Å²) in [4.78, 5) is 39.8. The van der Waals surface area contributed by atoms with Crippen molar-refractivity contribution < 1.29 is 27.5 Å². The van der Waals surface area contributed by atoms with Crippen LogP contribution in [-0.4, -0.2) is 83.1 Å². The van der Waals surface area contributed by atoms with Gasteiger partial charge in [-0.1, -0.05) is 12.1 Å². The zero-order chi connectivity index (χ0) is 30.8. The molecule has 3 atom stereocenters. The number of ether oxygens (including phenoxy) is 1. The fourth-order valence-corrected chi connectivity index (χ4v) is 6.01. The first kappa shape index (κ1) is 29.3. The summed E-state index contributed by atoms with van der Waals surface area (Å²) in [7, 11) is 0. The molecule has 1 aromatic carbocycles. The van der Waals surface area contributed by atoms with Crippen LogP contribution in [0.3, 0.4) is 0 Å². The number of anilines is 1. The Balaban J connectivity index is 1.13. The Labute approximate surface area is 251 Å². The number of carbonyl (C=O) groups is 2. The summed E-state index contributed by atoms with van der Waals surface area (Å²) in [5, 5.41) is 8.99. The van der Waals surface area contributed by atoms with E-state index in [0.717, 1.165) is 11.4 Å². The van der Waals surface area contributed by atoms with Gasteiger partial charge in [-0.3, -0.25) is 24.9 Å².